The molecule has 0 aliphatic carbocycles. The van der Waals surface area contributed by atoms with Gasteiger partial charge in [0.15, 0.2) is 0 Å². The van der Waals surface area contributed by atoms with E-state index in [0.717, 1.165) is 21.9 Å². The number of fused-ring (bicyclic) bond motifs is 2. The molecule has 136 valence electrons. The lowest BCUT2D eigenvalue weighted by Gasteiger charge is -2.14. The van der Waals surface area contributed by atoms with Crippen LogP contribution in [0.1, 0.15) is 30.0 Å². The van der Waals surface area contributed by atoms with Gasteiger partial charge in [0.1, 0.15) is 11.2 Å². The fraction of sp³-hybridized carbons (Fsp3) is 0.316. The van der Waals surface area contributed by atoms with Crippen molar-refractivity contribution >= 4 is 33.8 Å². The first-order valence-corrected chi connectivity index (χ1v) is 8.22. The van der Waals surface area contributed by atoms with Gasteiger partial charge in [0.2, 0.25) is 5.91 Å². The van der Waals surface area contributed by atoms with E-state index in [-0.39, 0.29) is 12.8 Å². The normalized spacial score (nSPS) is 12.4. The molecule has 0 saturated heterocycles. The summed E-state index contributed by atoms with van der Waals surface area (Å²) >= 11 is 0. The molecular formula is C19H18NO6-. The Morgan fingerprint density at radius 3 is 2.62 bits per heavy atom. The first-order chi connectivity index (χ1) is 12.3. The van der Waals surface area contributed by atoms with Crippen LogP contribution >= 0.6 is 0 Å². The Morgan fingerprint density at radius 2 is 1.92 bits per heavy atom. The Morgan fingerprint density at radius 1 is 1.19 bits per heavy atom. The van der Waals surface area contributed by atoms with Gasteiger partial charge in [0.25, 0.3) is 0 Å². The van der Waals surface area contributed by atoms with Gasteiger partial charge in [-0.2, -0.15) is 0 Å². The fourth-order valence-corrected chi connectivity index (χ4v) is 2.94. The lowest BCUT2D eigenvalue weighted by atomic mass is 10.0. The molecule has 0 bridgehead atoms. The molecule has 3 aromatic rings. The van der Waals surface area contributed by atoms with Crippen LogP contribution in [0, 0.1) is 13.8 Å². The summed E-state index contributed by atoms with van der Waals surface area (Å²) in [6, 6.07) is 2.50. The number of furan rings is 1. The molecule has 0 saturated carbocycles. The number of nitrogens with one attached hydrogen (secondary N) is 1. The molecule has 26 heavy (non-hydrogen) atoms. The third kappa shape index (κ3) is 3.20. The van der Waals surface area contributed by atoms with Gasteiger partial charge in [-0.25, -0.2) is 4.79 Å². The molecule has 2 heterocycles. The van der Waals surface area contributed by atoms with Crippen LogP contribution in [0.5, 0.6) is 0 Å². The lowest BCUT2D eigenvalue weighted by Crippen LogP contribution is -2.46. The minimum absolute atomic E-state index is 0.0261. The maximum atomic E-state index is 12.3. The van der Waals surface area contributed by atoms with Gasteiger partial charge >= 0.3 is 5.63 Å². The third-order valence-electron chi connectivity index (χ3n) is 4.51. The molecule has 3 rings (SSSR count). The fourth-order valence-electron chi connectivity index (χ4n) is 2.94. The van der Waals surface area contributed by atoms with E-state index in [2.05, 4.69) is 5.32 Å². The van der Waals surface area contributed by atoms with Crippen LogP contribution < -0.4 is 16.0 Å². The largest absolute Gasteiger partial charge is 0.548 e. The molecule has 0 fully saturated rings. The summed E-state index contributed by atoms with van der Waals surface area (Å²) in [6.45, 7) is 5.05. The summed E-state index contributed by atoms with van der Waals surface area (Å²) < 4.78 is 10.8. The number of amides is 1. The Balaban J connectivity index is 1.92. The molecule has 0 unspecified atom stereocenters. The number of rotatable bonds is 5. The van der Waals surface area contributed by atoms with Crippen molar-refractivity contribution in [3.8, 4) is 0 Å². The molecule has 0 radical (unpaired) electrons. The van der Waals surface area contributed by atoms with Crippen LogP contribution in [0.15, 0.2) is 32.0 Å². The predicted molar refractivity (Wildman–Crippen MR) is 92.7 cm³/mol. The van der Waals surface area contributed by atoms with Crippen LogP contribution in [0.3, 0.4) is 0 Å². The number of hydrogen-bond acceptors (Lipinski definition) is 6. The molecule has 1 amide bonds. The molecule has 2 aromatic heterocycles. The number of carbonyl (C=O) groups excluding carboxylic acids is 2. The summed E-state index contributed by atoms with van der Waals surface area (Å²) in [4.78, 5) is 34.8. The quantitative estimate of drug-likeness (QED) is 0.690. The summed E-state index contributed by atoms with van der Waals surface area (Å²) in [5.41, 5.74) is 2.66. The van der Waals surface area contributed by atoms with Gasteiger partial charge < -0.3 is 24.1 Å². The molecule has 7 nitrogen and oxygen atoms in total. The van der Waals surface area contributed by atoms with Gasteiger partial charge in [-0.3, -0.25) is 4.79 Å². The number of hydrogen-bond donors (Lipinski definition) is 1. The Hall–Kier alpha value is -3.09. The zero-order chi connectivity index (χ0) is 19.0. The first-order valence-electron chi connectivity index (χ1n) is 8.22. The van der Waals surface area contributed by atoms with E-state index in [1.807, 2.05) is 13.0 Å². The van der Waals surface area contributed by atoms with Crippen LogP contribution in [0.4, 0.5) is 0 Å². The highest BCUT2D eigenvalue weighted by atomic mass is 16.4. The molecule has 1 N–H and O–H groups in total. The maximum Gasteiger partial charge on any atom is 0.339 e. The zero-order valence-corrected chi connectivity index (χ0v) is 14.7. The van der Waals surface area contributed by atoms with Crippen LogP contribution in [0.25, 0.3) is 21.9 Å². The number of carbonyl (C=O) groups is 2. The van der Waals surface area contributed by atoms with Crippen LogP contribution in [0.2, 0.25) is 0 Å². The zero-order valence-electron chi connectivity index (χ0n) is 14.7. The van der Waals surface area contributed by atoms with E-state index >= 15 is 0 Å². The van der Waals surface area contributed by atoms with Crippen molar-refractivity contribution in [3.05, 3.63) is 45.5 Å². The number of carboxylic acids is 1. The van der Waals surface area contributed by atoms with Crippen LogP contribution in [-0.2, 0) is 16.0 Å². The highest BCUT2D eigenvalue weighted by Gasteiger charge is 2.16. The van der Waals surface area contributed by atoms with Gasteiger partial charge in [-0.15, -0.1) is 0 Å². The lowest BCUT2D eigenvalue weighted by molar-refractivity contribution is -0.307. The predicted octanol–water partition coefficient (Wildman–Crippen LogP) is 1.34. The molecule has 0 spiro atoms. The summed E-state index contributed by atoms with van der Waals surface area (Å²) in [5.74, 6) is -1.83. The van der Waals surface area contributed by atoms with E-state index in [1.54, 1.807) is 19.3 Å². The number of benzene rings is 1. The average molecular weight is 356 g/mol. The van der Waals surface area contributed by atoms with E-state index in [0.29, 0.717) is 16.7 Å². The number of aryl methyl sites for hydroxylation is 2. The maximum absolute atomic E-state index is 12.3. The van der Waals surface area contributed by atoms with Crippen LogP contribution in [-0.4, -0.2) is 17.9 Å². The molecule has 1 aromatic carbocycles. The van der Waals surface area contributed by atoms with Crippen molar-refractivity contribution in [1.29, 1.82) is 0 Å². The Labute approximate surface area is 148 Å². The minimum atomic E-state index is -1.36. The van der Waals surface area contributed by atoms with Gasteiger partial charge in [0, 0.05) is 28.8 Å². The van der Waals surface area contributed by atoms with Gasteiger partial charge in [-0.05, 0) is 44.4 Å². The second-order valence-electron chi connectivity index (χ2n) is 6.36. The Kier molecular flexibility index (Phi) is 4.54. The average Bonchev–Trinajstić information content (AvgIpc) is 2.93. The SMILES string of the molecule is Cc1coc2cc3oc(=O)c(CCC(=O)N[C@@H](C)C(=O)[O-])c(C)c3cc12. The number of aliphatic carboxylic acids is 1. The third-order valence-corrected chi connectivity index (χ3v) is 4.51. The van der Waals surface area contributed by atoms with Crippen molar-refractivity contribution in [1.82, 2.24) is 5.32 Å². The van der Waals surface area contributed by atoms with Gasteiger partial charge in [-0.1, -0.05) is 0 Å². The number of carboxylic acid groups (broad SMARTS) is 1. The van der Waals surface area contributed by atoms with Crippen molar-refractivity contribution < 1.29 is 23.5 Å². The van der Waals surface area contributed by atoms with E-state index < -0.39 is 23.5 Å². The Bertz CT molecular complexity index is 1070. The van der Waals surface area contributed by atoms with E-state index in [9.17, 15) is 19.5 Å². The molecule has 0 aliphatic heterocycles. The summed E-state index contributed by atoms with van der Waals surface area (Å²) in [5, 5.41) is 14.7. The van der Waals surface area contributed by atoms with Crippen molar-refractivity contribution in [2.75, 3.05) is 0 Å². The summed E-state index contributed by atoms with van der Waals surface area (Å²) in [7, 11) is 0. The second kappa shape index (κ2) is 6.67. The van der Waals surface area contributed by atoms with Gasteiger partial charge in [0.05, 0.1) is 18.3 Å². The molecular weight excluding hydrogens is 338 g/mol. The van der Waals surface area contributed by atoms with E-state index in [1.165, 1.54) is 6.92 Å². The monoisotopic (exact) mass is 356 g/mol. The van der Waals surface area contributed by atoms with E-state index in [4.69, 9.17) is 8.83 Å². The topological polar surface area (TPSA) is 113 Å². The molecule has 7 heteroatoms. The smallest absolute Gasteiger partial charge is 0.339 e. The van der Waals surface area contributed by atoms with Crippen molar-refractivity contribution in [3.63, 3.8) is 0 Å². The standard InChI is InChI=1S/C19H19NO6/c1-9-8-25-15-7-16-14(6-13(9)15)10(2)12(19(24)26-16)4-5-17(21)20-11(3)18(22)23/h6-8,11H,4-5H2,1-3H3,(H,20,21)(H,22,23)/p-1/t11-/m0/s1. The highest BCUT2D eigenvalue weighted by molar-refractivity contribution is 5.96. The second-order valence-corrected chi connectivity index (χ2v) is 6.36. The highest BCUT2D eigenvalue weighted by Crippen LogP contribution is 2.28. The summed E-state index contributed by atoms with van der Waals surface area (Å²) in [6.07, 6.45) is 1.76. The molecule has 1 atom stereocenters. The van der Waals surface area contributed by atoms with Crippen molar-refractivity contribution in [2.45, 2.75) is 39.7 Å². The first kappa shape index (κ1) is 17.7. The van der Waals surface area contributed by atoms with Crippen molar-refractivity contribution in [2.24, 2.45) is 0 Å². The molecule has 0 aliphatic rings. The minimum Gasteiger partial charge on any atom is -0.548 e.